The summed E-state index contributed by atoms with van der Waals surface area (Å²) < 4.78 is 61.0. The minimum Gasteiger partial charge on any atom is -0.508 e. The molecule has 0 saturated carbocycles. The highest BCUT2D eigenvalue weighted by Gasteiger charge is 2.48. The van der Waals surface area contributed by atoms with Crippen LogP contribution in [0.2, 0.25) is 0 Å². The third kappa shape index (κ3) is 11.0. The van der Waals surface area contributed by atoms with E-state index in [1.165, 1.54) is 88.2 Å². The van der Waals surface area contributed by atoms with Gasteiger partial charge in [0.05, 0.1) is 29.5 Å². The van der Waals surface area contributed by atoms with Gasteiger partial charge >= 0.3 is 0 Å². The van der Waals surface area contributed by atoms with E-state index in [4.69, 9.17) is 0 Å². The van der Waals surface area contributed by atoms with E-state index in [1.807, 2.05) is 24.3 Å². The first-order valence-corrected chi connectivity index (χ1v) is 28.3. The number of nitrogens with zero attached hydrogens (tertiary/aromatic N) is 6. The molecule has 2 N–H and O–H groups in total. The number of anilines is 2. The number of fused-ring (bicyclic) bond motifs is 2. The fourth-order valence-corrected chi connectivity index (χ4v) is 15.7. The van der Waals surface area contributed by atoms with Crippen LogP contribution in [0.3, 0.4) is 0 Å². The normalized spacial score (nSPS) is 18.6. The molecule has 8 rings (SSSR count). The molecule has 4 amide bonds. The lowest BCUT2D eigenvalue weighted by Crippen LogP contribution is -2.49. The van der Waals surface area contributed by atoms with Gasteiger partial charge in [-0.05, 0) is 107 Å². The molecule has 0 radical (unpaired) electrons. The first-order valence-electron chi connectivity index (χ1n) is 23.1. The summed E-state index contributed by atoms with van der Waals surface area (Å²) in [4.78, 5) is 61.3. The van der Waals surface area contributed by atoms with Crippen LogP contribution in [0.1, 0.15) is 24.0 Å². The minimum atomic E-state index is -4.30. The maximum absolute atomic E-state index is 14.7. The Morgan fingerprint density at radius 2 is 1.03 bits per heavy atom. The number of phenolic OH excluding ortho intramolecular Hbond substituents is 1. The number of hydrogen-bond acceptors (Lipinski definition) is 12. The number of carbonyl (C=O) groups excluding carboxylic acids is 4. The molecular weight excluding hydrogens is 997 g/mol. The van der Waals surface area contributed by atoms with Gasteiger partial charge in [-0.3, -0.25) is 19.2 Å². The summed E-state index contributed by atoms with van der Waals surface area (Å²) in [6, 6.07) is 33.2. The highest BCUT2D eigenvalue weighted by atomic mass is 33.1. The van der Waals surface area contributed by atoms with E-state index in [0.29, 0.717) is 33.3 Å². The van der Waals surface area contributed by atoms with Crippen LogP contribution in [0.15, 0.2) is 137 Å². The molecule has 0 unspecified atom stereocenters. The lowest BCUT2D eigenvalue weighted by Gasteiger charge is -2.28. The second-order valence-electron chi connectivity index (χ2n) is 18.2. The van der Waals surface area contributed by atoms with Crippen molar-refractivity contribution in [3.05, 3.63) is 139 Å². The number of aryl methyl sites for hydroxylation is 1. The Morgan fingerprint density at radius 3 is 1.47 bits per heavy atom. The Hall–Kier alpha value is -6.00. The zero-order valence-electron chi connectivity index (χ0n) is 40.4. The molecule has 2 heterocycles. The molecule has 0 aromatic heterocycles. The molecule has 0 bridgehead atoms. The molecule has 378 valence electrons. The molecule has 16 nitrogen and oxygen atoms in total. The van der Waals surface area contributed by atoms with E-state index in [-0.39, 0.29) is 61.2 Å². The van der Waals surface area contributed by atoms with Crippen molar-refractivity contribution in [1.82, 2.24) is 18.4 Å². The number of aliphatic hydroxyl groups is 1. The predicted octanol–water partition coefficient (Wildman–Crippen LogP) is 6.09. The Labute approximate surface area is 427 Å². The van der Waals surface area contributed by atoms with Gasteiger partial charge in [0.15, 0.2) is 0 Å². The number of hydrogen-bond donors (Lipinski definition) is 2. The first kappa shape index (κ1) is 52.3. The van der Waals surface area contributed by atoms with E-state index < -0.39 is 66.3 Å². The molecule has 4 atom stereocenters. The molecule has 72 heavy (non-hydrogen) atoms. The first-order chi connectivity index (χ1) is 34.3. The SMILES string of the molecule is Cc1cc(O)ccc1N(C)C(=O)CN(C)C(=O)[C@@H]1C[C@@H](SS[C@@H]2C[C@@H](C(=O)N(C)CC(=O)N(C)c3ccc(CO)cc3)N(S(=O)(=O)c3ccc4ccccc4c3)C2)CN1S(=O)(=O)c1ccc2ccccc2c1. The number of carbonyl (C=O) groups is 4. The summed E-state index contributed by atoms with van der Waals surface area (Å²) in [6.07, 6.45) is 0.150. The highest BCUT2D eigenvalue weighted by molar-refractivity contribution is 8.77. The molecule has 2 aliphatic rings. The van der Waals surface area contributed by atoms with Crippen LogP contribution in [0.4, 0.5) is 11.4 Å². The topological polar surface area (TPSA) is 196 Å². The van der Waals surface area contributed by atoms with Crippen molar-refractivity contribution < 1.29 is 46.2 Å². The van der Waals surface area contributed by atoms with E-state index in [1.54, 1.807) is 99.9 Å². The van der Waals surface area contributed by atoms with Gasteiger partial charge in [-0.15, -0.1) is 0 Å². The van der Waals surface area contributed by atoms with Crippen molar-refractivity contribution in [3.63, 3.8) is 0 Å². The van der Waals surface area contributed by atoms with Gasteiger partial charge < -0.3 is 29.8 Å². The van der Waals surface area contributed by atoms with Gasteiger partial charge in [-0.25, -0.2) is 16.8 Å². The lowest BCUT2D eigenvalue weighted by molar-refractivity contribution is -0.136. The summed E-state index contributed by atoms with van der Waals surface area (Å²) >= 11 is 0. The van der Waals surface area contributed by atoms with E-state index in [9.17, 15) is 46.2 Å². The molecule has 0 spiro atoms. The van der Waals surface area contributed by atoms with Crippen LogP contribution in [0.5, 0.6) is 5.75 Å². The average molecular weight is 1050 g/mol. The van der Waals surface area contributed by atoms with Crippen molar-refractivity contribution in [2.45, 2.75) is 58.7 Å². The number of likely N-dealkylation sites (N-methyl/N-ethyl adjacent to an activating group) is 4. The molecule has 2 fully saturated rings. The fourth-order valence-electron chi connectivity index (χ4n) is 9.14. The van der Waals surface area contributed by atoms with Gasteiger partial charge in [0.2, 0.25) is 43.7 Å². The number of phenols is 1. The highest BCUT2D eigenvalue weighted by Crippen LogP contribution is 2.44. The molecule has 6 aromatic rings. The number of benzene rings is 6. The monoisotopic (exact) mass is 1050 g/mol. The third-order valence-electron chi connectivity index (χ3n) is 13.3. The largest absolute Gasteiger partial charge is 0.508 e. The second kappa shape index (κ2) is 21.6. The summed E-state index contributed by atoms with van der Waals surface area (Å²) in [7, 11) is 0.0692. The third-order valence-corrected chi connectivity index (χ3v) is 20.3. The molecule has 2 aliphatic heterocycles. The molecular formula is C52H56N6O10S4. The Balaban J connectivity index is 1.03. The van der Waals surface area contributed by atoms with Crippen LogP contribution in [0, 0.1) is 6.92 Å². The molecule has 6 aromatic carbocycles. The van der Waals surface area contributed by atoms with Gasteiger partial charge in [-0.2, -0.15) is 8.61 Å². The summed E-state index contributed by atoms with van der Waals surface area (Å²) in [5.74, 6) is -1.98. The van der Waals surface area contributed by atoms with E-state index >= 15 is 0 Å². The van der Waals surface area contributed by atoms with Crippen molar-refractivity contribution in [3.8, 4) is 5.75 Å². The second-order valence-corrected chi connectivity index (χ2v) is 24.9. The summed E-state index contributed by atoms with van der Waals surface area (Å²) in [5, 5.41) is 21.5. The molecule has 0 aliphatic carbocycles. The number of rotatable bonds is 16. The zero-order valence-corrected chi connectivity index (χ0v) is 43.6. The van der Waals surface area contributed by atoms with Crippen LogP contribution < -0.4 is 9.80 Å². The Bertz CT molecular complexity index is 3270. The van der Waals surface area contributed by atoms with Gasteiger partial charge in [-0.1, -0.05) is 94.4 Å². The Morgan fingerprint density at radius 1 is 0.583 bits per heavy atom. The van der Waals surface area contributed by atoms with Crippen LogP contribution >= 0.6 is 21.6 Å². The smallest absolute Gasteiger partial charge is 0.246 e. The van der Waals surface area contributed by atoms with Crippen molar-refractivity contribution in [2.75, 3.05) is 64.2 Å². The minimum absolute atomic E-state index is 0.000716. The van der Waals surface area contributed by atoms with Crippen molar-refractivity contribution in [2.24, 2.45) is 0 Å². The molecule has 20 heteroatoms. The number of amides is 4. The molecule has 2 saturated heterocycles. The van der Waals surface area contributed by atoms with Crippen LogP contribution in [-0.2, 0) is 45.8 Å². The van der Waals surface area contributed by atoms with Crippen molar-refractivity contribution >= 4 is 98.2 Å². The van der Waals surface area contributed by atoms with Crippen LogP contribution in [-0.4, -0.2) is 146 Å². The summed E-state index contributed by atoms with van der Waals surface area (Å²) in [5.41, 5.74) is 2.38. The maximum Gasteiger partial charge on any atom is 0.246 e. The predicted molar refractivity (Wildman–Crippen MR) is 283 cm³/mol. The standard InChI is InChI=1S/C52H56N6O10S4/c1-34-24-41(60)20-23-46(34)56(5)50(62)32-54(3)52(64)48-28-43(30-58(48)72(67,68)45-22-17-37-11-7-9-13-39(37)26-45)70-69-42-27-47(51(63)53(2)31-49(61)55(4)40-18-14-35(33-59)15-19-40)57(29-42)71(65,66)44-21-16-36-10-6-8-12-38(36)25-44/h6-26,42-43,47-48,59-60H,27-33H2,1-5H3/t42-,43-,47+,48+/m1/s1. The number of aliphatic hydroxyl groups excluding tert-OH is 1. The lowest BCUT2D eigenvalue weighted by atomic mass is 10.1. The Kier molecular flexibility index (Phi) is 15.7. The van der Waals surface area contributed by atoms with Gasteiger partial charge in [0.1, 0.15) is 17.8 Å². The van der Waals surface area contributed by atoms with E-state index in [0.717, 1.165) is 10.8 Å². The zero-order chi connectivity index (χ0) is 51.6. The number of aromatic hydroxyl groups is 1. The van der Waals surface area contributed by atoms with Gasteiger partial charge in [0.25, 0.3) is 0 Å². The average Bonchev–Trinajstić information content (AvgIpc) is 4.03. The van der Waals surface area contributed by atoms with Crippen molar-refractivity contribution in [1.29, 1.82) is 0 Å². The quantitative estimate of drug-likeness (QED) is 0.106. The number of sulfonamides is 2. The summed E-state index contributed by atoms with van der Waals surface area (Å²) in [6.45, 7) is 0.711. The van der Waals surface area contributed by atoms with Crippen LogP contribution in [0.25, 0.3) is 21.5 Å². The maximum atomic E-state index is 14.7. The van der Waals surface area contributed by atoms with E-state index in [2.05, 4.69) is 0 Å². The fraction of sp³-hybridized carbons (Fsp3) is 0.308. The van der Waals surface area contributed by atoms with Gasteiger partial charge in [0, 0.05) is 63.2 Å².